The van der Waals surface area contributed by atoms with Gasteiger partial charge in [0.2, 0.25) is 5.91 Å². The van der Waals surface area contributed by atoms with E-state index in [0.717, 1.165) is 5.56 Å². The summed E-state index contributed by atoms with van der Waals surface area (Å²) in [7, 11) is 1.31. The molecule has 1 fully saturated rings. The van der Waals surface area contributed by atoms with Crippen LogP contribution in [0.4, 0.5) is 0 Å². The van der Waals surface area contributed by atoms with Crippen LogP contribution < -0.4 is 5.32 Å². The van der Waals surface area contributed by atoms with Crippen LogP contribution in [0.1, 0.15) is 18.4 Å². The molecule has 0 atom stereocenters. The van der Waals surface area contributed by atoms with Crippen molar-refractivity contribution in [2.24, 2.45) is 0 Å². The summed E-state index contributed by atoms with van der Waals surface area (Å²) in [4.78, 5) is 23.2. The maximum absolute atomic E-state index is 11.7. The van der Waals surface area contributed by atoms with E-state index in [0.29, 0.717) is 12.8 Å². The largest absolute Gasteiger partial charge is 0.508 e. The van der Waals surface area contributed by atoms with E-state index in [9.17, 15) is 9.59 Å². The van der Waals surface area contributed by atoms with Crippen molar-refractivity contribution in [3.63, 3.8) is 0 Å². The molecule has 5 heteroatoms. The number of ether oxygens (including phenoxy) is 1. The number of benzene rings is 1. The molecule has 0 saturated heterocycles. The van der Waals surface area contributed by atoms with Crippen LogP contribution in [0.25, 0.3) is 6.08 Å². The van der Waals surface area contributed by atoms with Crippen molar-refractivity contribution in [1.82, 2.24) is 5.32 Å². The highest BCUT2D eigenvalue weighted by Crippen LogP contribution is 2.36. The number of hydrogen-bond donors (Lipinski definition) is 2. The molecule has 0 bridgehead atoms. The van der Waals surface area contributed by atoms with Crippen molar-refractivity contribution in [2.45, 2.75) is 18.4 Å². The molecule has 0 spiro atoms. The quantitative estimate of drug-likeness (QED) is 0.631. The first-order chi connectivity index (χ1) is 9.05. The number of carbonyl (C=O) groups is 2. The summed E-state index contributed by atoms with van der Waals surface area (Å²) in [5.74, 6) is -0.570. The fourth-order valence-corrected chi connectivity index (χ4v) is 1.74. The summed E-state index contributed by atoms with van der Waals surface area (Å²) in [6, 6.07) is 6.45. The third-order valence-electron chi connectivity index (χ3n) is 3.01. The molecule has 1 aromatic rings. The standard InChI is InChI=1S/C14H15NO4/c1-19-13(18)14(8-9-14)15-12(17)7-4-10-2-5-11(16)6-3-10/h2-7,16H,8-9H2,1H3,(H,15,17)/b7-4+. The zero-order valence-corrected chi connectivity index (χ0v) is 10.6. The van der Waals surface area contributed by atoms with Crippen LogP contribution in [-0.2, 0) is 14.3 Å². The van der Waals surface area contributed by atoms with Gasteiger partial charge in [0.1, 0.15) is 11.3 Å². The van der Waals surface area contributed by atoms with Gasteiger partial charge in [-0.1, -0.05) is 12.1 Å². The van der Waals surface area contributed by atoms with Crippen molar-refractivity contribution in [1.29, 1.82) is 0 Å². The van der Waals surface area contributed by atoms with Gasteiger partial charge in [0.05, 0.1) is 7.11 Å². The second-order valence-corrected chi connectivity index (χ2v) is 4.49. The number of phenols is 1. The monoisotopic (exact) mass is 261 g/mol. The van der Waals surface area contributed by atoms with E-state index >= 15 is 0 Å². The van der Waals surface area contributed by atoms with E-state index < -0.39 is 11.5 Å². The van der Waals surface area contributed by atoms with Gasteiger partial charge >= 0.3 is 5.97 Å². The molecule has 1 aliphatic carbocycles. The number of hydrogen-bond acceptors (Lipinski definition) is 4. The van der Waals surface area contributed by atoms with E-state index in [1.54, 1.807) is 18.2 Å². The van der Waals surface area contributed by atoms with Crippen LogP contribution in [0.5, 0.6) is 5.75 Å². The van der Waals surface area contributed by atoms with Crippen LogP contribution in [0.2, 0.25) is 0 Å². The number of esters is 1. The minimum Gasteiger partial charge on any atom is -0.508 e. The molecule has 19 heavy (non-hydrogen) atoms. The lowest BCUT2D eigenvalue weighted by molar-refractivity contribution is -0.145. The van der Waals surface area contributed by atoms with Crippen molar-refractivity contribution in [2.75, 3.05) is 7.11 Å². The first-order valence-corrected chi connectivity index (χ1v) is 5.93. The Balaban J connectivity index is 1.95. The highest BCUT2D eigenvalue weighted by atomic mass is 16.5. The summed E-state index contributed by atoms with van der Waals surface area (Å²) >= 11 is 0. The first kappa shape index (κ1) is 13.1. The smallest absolute Gasteiger partial charge is 0.331 e. The maximum Gasteiger partial charge on any atom is 0.331 e. The highest BCUT2D eigenvalue weighted by Gasteiger charge is 2.52. The predicted octanol–water partition coefficient (Wildman–Crippen LogP) is 1.23. The van der Waals surface area contributed by atoms with E-state index in [1.165, 1.54) is 25.3 Å². The number of methoxy groups -OCH3 is 1. The Kier molecular flexibility index (Phi) is 3.55. The van der Waals surface area contributed by atoms with Gasteiger partial charge in [-0.25, -0.2) is 4.79 Å². The van der Waals surface area contributed by atoms with Crippen molar-refractivity contribution < 1.29 is 19.4 Å². The molecule has 2 N–H and O–H groups in total. The Labute approximate surface area is 110 Å². The van der Waals surface area contributed by atoms with Crippen molar-refractivity contribution in [3.05, 3.63) is 35.9 Å². The van der Waals surface area contributed by atoms with Crippen LogP contribution in [0.3, 0.4) is 0 Å². The topological polar surface area (TPSA) is 75.6 Å². The predicted molar refractivity (Wildman–Crippen MR) is 69.3 cm³/mol. The molecular formula is C14H15NO4. The Hall–Kier alpha value is -2.30. The number of rotatable bonds is 4. The molecule has 0 unspecified atom stereocenters. The van der Waals surface area contributed by atoms with Gasteiger partial charge in [-0.2, -0.15) is 0 Å². The fourth-order valence-electron chi connectivity index (χ4n) is 1.74. The molecule has 1 aromatic carbocycles. The second-order valence-electron chi connectivity index (χ2n) is 4.49. The molecule has 1 saturated carbocycles. The fraction of sp³-hybridized carbons (Fsp3) is 0.286. The first-order valence-electron chi connectivity index (χ1n) is 5.93. The summed E-state index contributed by atoms with van der Waals surface area (Å²) in [6.45, 7) is 0. The summed E-state index contributed by atoms with van der Waals surface area (Å²) in [6.07, 6.45) is 4.19. The lowest BCUT2D eigenvalue weighted by atomic mass is 10.2. The van der Waals surface area contributed by atoms with Crippen LogP contribution >= 0.6 is 0 Å². The van der Waals surface area contributed by atoms with Crippen molar-refractivity contribution >= 4 is 18.0 Å². The molecule has 0 aromatic heterocycles. The molecular weight excluding hydrogens is 246 g/mol. The van der Waals surface area contributed by atoms with Gasteiger partial charge in [-0.15, -0.1) is 0 Å². The zero-order chi connectivity index (χ0) is 13.9. The molecule has 0 radical (unpaired) electrons. The van der Waals surface area contributed by atoms with Gasteiger partial charge in [0, 0.05) is 6.08 Å². The number of phenolic OH excluding ortho intramolecular Hbond substituents is 1. The zero-order valence-electron chi connectivity index (χ0n) is 10.6. The lowest BCUT2D eigenvalue weighted by Crippen LogP contribution is -2.43. The minimum atomic E-state index is -0.828. The Bertz CT molecular complexity index is 515. The molecule has 2 rings (SSSR count). The summed E-state index contributed by atoms with van der Waals surface area (Å²) in [5.41, 5.74) is -0.0404. The Morgan fingerprint density at radius 2 is 1.95 bits per heavy atom. The van der Waals surface area contributed by atoms with E-state index in [4.69, 9.17) is 5.11 Å². The number of carbonyl (C=O) groups excluding carboxylic acids is 2. The maximum atomic E-state index is 11.7. The van der Waals surface area contributed by atoms with Gasteiger partial charge in [-0.05, 0) is 36.6 Å². The molecule has 5 nitrogen and oxygen atoms in total. The third-order valence-corrected chi connectivity index (χ3v) is 3.01. The average Bonchev–Trinajstić information content (AvgIpc) is 3.18. The number of amides is 1. The average molecular weight is 261 g/mol. The van der Waals surface area contributed by atoms with Gasteiger partial charge in [0.15, 0.2) is 0 Å². The van der Waals surface area contributed by atoms with E-state index in [1.807, 2.05) is 0 Å². The third kappa shape index (κ3) is 3.13. The molecule has 100 valence electrons. The summed E-state index contributed by atoms with van der Waals surface area (Å²) in [5, 5.41) is 11.8. The van der Waals surface area contributed by atoms with Gasteiger partial charge in [0.25, 0.3) is 0 Å². The van der Waals surface area contributed by atoms with E-state index in [2.05, 4.69) is 10.1 Å². The van der Waals surface area contributed by atoms with Gasteiger partial charge in [-0.3, -0.25) is 4.79 Å². The molecule has 1 amide bonds. The molecule has 0 heterocycles. The lowest BCUT2D eigenvalue weighted by Gasteiger charge is -2.12. The van der Waals surface area contributed by atoms with E-state index in [-0.39, 0.29) is 11.7 Å². The minimum absolute atomic E-state index is 0.171. The van der Waals surface area contributed by atoms with Crippen LogP contribution in [-0.4, -0.2) is 29.6 Å². The van der Waals surface area contributed by atoms with Crippen LogP contribution in [0.15, 0.2) is 30.3 Å². The second kappa shape index (κ2) is 5.14. The van der Waals surface area contributed by atoms with Gasteiger partial charge < -0.3 is 15.2 Å². The molecule has 0 aliphatic heterocycles. The SMILES string of the molecule is COC(=O)C1(NC(=O)/C=C/c2ccc(O)cc2)CC1. The highest BCUT2D eigenvalue weighted by molar-refractivity contribution is 5.97. The van der Waals surface area contributed by atoms with Crippen LogP contribution in [0, 0.1) is 0 Å². The number of aromatic hydroxyl groups is 1. The normalized spacial score (nSPS) is 16.1. The Morgan fingerprint density at radius 3 is 2.47 bits per heavy atom. The molecule has 1 aliphatic rings. The Morgan fingerprint density at radius 1 is 1.32 bits per heavy atom. The van der Waals surface area contributed by atoms with Crippen molar-refractivity contribution in [3.8, 4) is 5.75 Å². The number of nitrogens with one attached hydrogen (secondary N) is 1. The summed E-state index contributed by atoms with van der Waals surface area (Å²) < 4.78 is 4.65.